The van der Waals surface area contributed by atoms with E-state index in [2.05, 4.69) is 10.3 Å². The topological polar surface area (TPSA) is 62.3 Å². The van der Waals surface area contributed by atoms with E-state index in [0.717, 1.165) is 11.5 Å². The maximum absolute atomic E-state index is 11.5. The summed E-state index contributed by atoms with van der Waals surface area (Å²) < 4.78 is 23.0. The molecule has 6 heteroatoms. The Morgan fingerprint density at radius 1 is 1.39 bits per heavy atom. The molecule has 1 aromatic rings. The molecule has 0 amide bonds. The highest BCUT2D eigenvalue weighted by Gasteiger charge is 2.13. The molecule has 0 saturated carbocycles. The molecule has 1 atom stereocenters. The van der Waals surface area contributed by atoms with E-state index in [4.69, 9.17) is 0 Å². The first-order valence-electron chi connectivity index (χ1n) is 5.94. The minimum absolute atomic E-state index is 0.123. The first-order valence-corrected chi connectivity index (χ1v) is 7.76. The number of anilines is 2. The van der Waals surface area contributed by atoms with Crippen molar-refractivity contribution in [1.29, 1.82) is 0 Å². The van der Waals surface area contributed by atoms with Gasteiger partial charge in [-0.15, -0.1) is 0 Å². The summed E-state index contributed by atoms with van der Waals surface area (Å²) in [6, 6.07) is 3.67. The number of rotatable bonds is 6. The molecule has 1 heterocycles. The summed E-state index contributed by atoms with van der Waals surface area (Å²) in [6.07, 6.45) is 1.71. The minimum atomic E-state index is -2.95. The predicted octanol–water partition coefficient (Wildman–Crippen LogP) is 1.38. The van der Waals surface area contributed by atoms with Crippen LogP contribution in [0.3, 0.4) is 0 Å². The molecule has 18 heavy (non-hydrogen) atoms. The molecule has 1 N–H and O–H groups in total. The Morgan fingerprint density at radius 2 is 2.06 bits per heavy atom. The first-order chi connectivity index (χ1) is 8.34. The number of hydrogen-bond acceptors (Lipinski definition) is 5. The van der Waals surface area contributed by atoms with Crippen molar-refractivity contribution in [2.75, 3.05) is 35.8 Å². The van der Waals surface area contributed by atoms with Gasteiger partial charge in [-0.1, -0.05) is 6.92 Å². The molecule has 0 aliphatic heterocycles. The van der Waals surface area contributed by atoms with Crippen LogP contribution in [0.1, 0.15) is 13.8 Å². The van der Waals surface area contributed by atoms with Gasteiger partial charge < -0.3 is 10.2 Å². The molecule has 0 aliphatic rings. The van der Waals surface area contributed by atoms with Crippen molar-refractivity contribution in [3.8, 4) is 0 Å². The second-order valence-corrected chi connectivity index (χ2v) is 6.94. The molecule has 0 fully saturated rings. The van der Waals surface area contributed by atoms with Crippen LogP contribution in [-0.2, 0) is 9.84 Å². The molecule has 102 valence electrons. The molecule has 0 radical (unpaired) electrons. The maximum Gasteiger partial charge on any atom is 0.152 e. The zero-order valence-electron chi connectivity index (χ0n) is 11.3. The summed E-state index contributed by atoms with van der Waals surface area (Å²) in [5.74, 6) is 1.19. The number of pyridine rings is 1. The Morgan fingerprint density at radius 3 is 2.50 bits per heavy atom. The highest BCUT2D eigenvalue weighted by atomic mass is 32.2. The van der Waals surface area contributed by atoms with E-state index in [1.807, 2.05) is 38.1 Å². The Bertz CT molecular complexity index is 469. The number of hydrogen-bond donors (Lipinski definition) is 1. The predicted molar refractivity (Wildman–Crippen MR) is 76.0 cm³/mol. The quantitative estimate of drug-likeness (QED) is 0.847. The van der Waals surface area contributed by atoms with Crippen molar-refractivity contribution in [1.82, 2.24) is 4.98 Å². The number of nitrogens with zero attached hydrogens (tertiary/aromatic N) is 2. The van der Waals surface area contributed by atoms with Crippen LogP contribution < -0.4 is 10.2 Å². The normalized spacial score (nSPS) is 13.1. The smallest absolute Gasteiger partial charge is 0.152 e. The van der Waals surface area contributed by atoms with Crippen LogP contribution in [-0.4, -0.2) is 45.0 Å². The summed E-state index contributed by atoms with van der Waals surface area (Å²) in [6.45, 7) is 3.52. The zero-order valence-corrected chi connectivity index (χ0v) is 12.2. The van der Waals surface area contributed by atoms with Gasteiger partial charge in [0.05, 0.1) is 17.6 Å². The molecule has 0 saturated heterocycles. The molecule has 0 aliphatic carbocycles. The fourth-order valence-corrected chi connectivity index (χ4v) is 2.64. The Kier molecular flexibility index (Phi) is 4.95. The van der Waals surface area contributed by atoms with Crippen molar-refractivity contribution >= 4 is 21.3 Å². The SMILES string of the molecule is CCS(=O)(=O)CC(C)Nc1ccc(N(C)C)nc1. The molecule has 1 aromatic heterocycles. The average molecular weight is 271 g/mol. The molecule has 1 unspecified atom stereocenters. The molecule has 5 nitrogen and oxygen atoms in total. The number of sulfone groups is 1. The molecule has 0 aromatic carbocycles. The van der Waals surface area contributed by atoms with E-state index in [1.165, 1.54) is 0 Å². The van der Waals surface area contributed by atoms with Crippen molar-refractivity contribution in [3.05, 3.63) is 18.3 Å². The molecular formula is C12H21N3O2S. The highest BCUT2D eigenvalue weighted by Crippen LogP contribution is 2.13. The van der Waals surface area contributed by atoms with Gasteiger partial charge in [0, 0.05) is 25.9 Å². The van der Waals surface area contributed by atoms with Crippen molar-refractivity contribution < 1.29 is 8.42 Å². The van der Waals surface area contributed by atoms with Crippen LogP contribution in [0.5, 0.6) is 0 Å². The summed E-state index contributed by atoms with van der Waals surface area (Å²) in [5, 5.41) is 3.14. The third kappa shape index (κ3) is 4.52. The van der Waals surface area contributed by atoms with E-state index in [0.29, 0.717) is 0 Å². The van der Waals surface area contributed by atoms with Crippen molar-refractivity contribution in [2.45, 2.75) is 19.9 Å². The highest BCUT2D eigenvalue weighted by molar-refractivity contribution is 7.91. The largest absolute Gasteiger partial charge is 0.380 e. The Labute approximate surface area is 109 Å². The first kappa shape index (κ1) is 14.8. The van der Waals surface area contributed by atoms with E-state index < -0.39 is 9.84 Å². The Balaban J connectivity index is 2.62. The van der Waals surface area contributed by atoms with Crippen LogP contribution >= 0.6 is 0 Å². The van der Waals surface area contributed by atoms with Gasteiger partial charge >= 0.3 is 0 Å². The van der Waals surface area contributed by atoms with Crippen LogP contribution in [0, 0.1) is 0 Å². The van der Waals surface area contributed by atoms with E-state index in [-0.39, 0.29) is 17.5 Å². The average Bonchev–Trinajstić information content (AvgIpc) is 2.29. The van der Waals surface area contributed by atoms with E-state index in [1.54, 1.807) is 13.1 Å². The van der Waals surface area contributed by atoms with Gasteiger partial charge in [-0.05, 0) is 19.1 Å². The van der Waals surface area contributed by atoms with Crippen LogP contribution in [0.25, 0.3) is 0 Å². The lowest BCUT2D eigenvalue weighted by Crippen LogP contribution is -2.26. The molecule has 0 bridgehead atoms. The number of nitrogens with one attached hydrogen (secondary N) is 1. The zero-order chi connectivity index (χ0) is 13.8. The lowest BCUT2D eigenvalue weighted by Gasteiger charge is -2.16. The van der Waals surface area contributed by atoms with Crippen LogP contribution in [0.15, 0.2) is 18.3 Å². The lowest BCUT2D eigenvalue weighted by atomic mass is 10.3. The monoisotopic (exact) mass is 271 g/mol. The maximum atomic E-state index is 11.5. The summed E-state index contributed by atoms with van der Waals surface area (Å²) in [7, 11) is 0.893. The summed E-state index contributed by atoms with van der Waals surface area (Å²) in [5.41, 5.74) is 0.833. The summed E-state index contributed by atoms with van der Waals surface area (Å²) >= 11 is 0. The van der Waals surface area contributed by atoms with Gasteiger partial charge in [-0.25, -0.2) is 13.4 Å². The lowest BCUT2D eigenvalue weighted by molar-refractivity contribution is 0.593. The fraction of sp³-hybridized carbons (Fsp3) is 0.583. The van der Waals surface area contributed by atoms with Crippen LogP contribution in [0.2, 0.25) is 0 Å². The fourth-order valence-electron chi connectivity index (χ4n) is 1.56. The van der Waals surface area contributed by atoms with E-state index >= 15 is 0 Å². The van der Waals surface area contributed by atoms with Gasteiger partial charge in [-0.3, -0.25) is 0 Å². The Hall–Kier alpha value is -1.30. The van der Waals surface area contributed by atoms with Gasteiger partial charge in [0.25, 0.3) is 0 Å². The molecule has 0 spiro atoms. The second-order valence-electron chi connectivity index (χ2n) is 4.54. The van der Waals surface area contributed by atoms with Gasteiger partial charge in [-0.2, -0.15) is 0 Å². The third-order valence-electron chi connectivity index (χ3n) is 2.56. The summed E-state index contributed by atoms with van der Waals surface area (Å²) in [4.78, 5) is 6.17. The number of aromatic nitrogens is 1. The van der Waals surface area contributed by atoms with Crippen LogP contribution in [0.4, 0.5) is 11.5 Å². The van der Waals surface area contributed by atoms with Gasteiger partial charge in [0.15, 0.2) is 9.84 Å². The molecule has 1 rings (SSSR count). The second kappa shape index (κ2) is 6.04. The van der Waals surface area contributed by atoms with Crippen molar-refractivity contribution in [2.24, 2.45) is 0 Å². The van der Waals surface area contributed by atoms with E-state index in [9.17, 15) is 8.42 Å². The third-order valence-corrected chi connectivity index (χ3v) is 4.45. The molecular weight excluding hydrogens is 250 g/mol. The van der Waals surface area contributed by atoms with Gasteiger partial charge in [0.1, 0.15) is 5.82 Å². The van der Waals surface area contributed by atoms with Crippen molar-refractivity contribution in [3.63, 3.8) is 0 Å². The minimum Gasteiger partial charge on any atom is -0.380 e. The van der Waals surface area contributed by atoms with Gasteiger partial charge in [0.2, 0.25) is 0 Å². The standard InChI is InChI=1S/C12H21N3O2S/c1-5-18(16,17)9-10(2)14-11-6-7-12(13-8-11)15(3)4/h6-8,10,14H,5,9H2,1-4H3.